The van der Waals surface area contributed by atoms with Crippen molar-refractivity contribution in [3.63, 3.8) is 0 Å². The van der Waals surface area contributed by atoms with Crippen LogP contribution in [-0.2, 0) is 16.1 Å². The molecule has 3 rings (SSSR count). The molecule has 1 amide bonds. The van der Waals surface area contributed by atoms with Crippen molar-refractivity contribution in [2.45, 2.75) is 11.7 Å². The number of nitrogens with zero attached hydrogens (tertiary/aromatic N) is 3. The topological polar surface area (TPSA) is 69.0 Å². The number of nitrogens with one attached hydrogen (secondary N) is 1. The van der Waals surface area contributed by atoms with Gasteiger partial charge in [0.05, 0.1) is 23.4 Å². The van der Waals surface area contributed by atoms with Crippen LogP contribution in [0.2, 0.25) is 0 Å². The Morgan fingerprint density at radius 3 is 2.92 bits per heavy atom. The molecule has 0 atom stereocenters. The molecule has 0 bridgehead atoms. The third kappa shape index (κ3) is 4.59. The summed E-state index contributed by atoms with van der Waals surface area (Å²) in [6.07, 6.45) is 1.65. The van der Waals surface area contributed by atoms with E-state index in [0.717, 1.165) is 20.7 Å². The Morgan fingerprint density at radius 2 is 2.16 bits per heavy atom. The van der Waals surface area contributed by atoms with Crippen LogP contribution in [0, 0.1) is 0 Å². The van der Waals surface area contributed by atoms with Gasteiger partial charge < -0.3 is 14.6 Å². The molecule has 0 aliphatic carbocycles. The van der Waals surface area contributed by atoms with E-state index < -0.39 is 0 Å². The average molecular weight is 421 g/mol. The fourth-order valence-corrected chi connectivity index (χ4v) is 3.40. The van der Waals surface area contributed by atoms with Gasteiger partial charge in [0.2, 0.25) is 5.91 Å². The van der Waals surface area contributed by atoms with E-state index in [9.17, 15) is 4.79 Å². The molecule has 130 valence electrons. The molecule has 0 radical (unpaired) electrons. The average Bonchev–Trinajstić information content (AvgIpc) is 2.98. The Balaban J connectivity index is 1.69. The Bertz CT molecular complexity index is 867. The van der Waals surface area contributed by atoms with Crippen LogP contribution in [-0.4, -0.2) is 39.9 Å². The maximum absolute atomic E-state index is 12.2. The van der Waals surface area contributed by atoms with Crippen molar-refractivity contribution in [2.75, 3.05) is 24.8 Å². The van der Waals surface area contributed by atoms with Crippen molar-refractivity contribution in [3.05, 3.63) is 47.1 Å². The monoisotopic (exact) mass is 420 g/mol. The van der Waals surface area contributed by atoms with Gasteiger partial charge in [0, 0.05) is 24.3 Å². The van der Waals surface area contributed by atoms with E-state index in [1.807, 2.05) is 30.3 Å². The Hall–Kier alpha value is -1.90. The van der Waals surface area contributed by atoms with Crippen molar-refractivity contribution in [1.82, 2.24) is 14.5 Å². The lowest BCUT2D eigenvalue weighted by Crippen LogP contribution is -2.15. The Morgan fingerprint density at radius 1 is 1.32 bits per heavy atom. The molecule has 0 aliphatic rings. The number of hydrogen-bond acceptors (Lipinski definition) is 5. The van der Waals surface area contributed by atoms with Crippen LogP contribution in [0.5, 0.6) is 0 Å². The zero-order chi connectivity index (χ0) is 17.6. The number of hydrogen-bond donors (Lipinski definition) is 1. The van der Waals surface area contributed by atoms with Crippen LogP contribution in [0.4, 0.5) is 5.82 Å². The normalized spacial score (nSPS) is 11.0. The van der Waals surface area contributed by atoms with Crippen molar-refractivity contribution >= 4 is 50.5 Å². The summed E-state index contributed by atoms with van der Waals surface area (Å²) in [5.74, 6) is 0.667. The van der Waals surface area contributed by atoms with Crippen LogP contribution in [0.3, 0.4) is 0 Å². The van der Waals surface area contributed by atoms with Gasteiger partial charge in [-0.3, -0.25) is 4.79 Å². The molecule has 0 spiro atoms. The molecule has 8 heteroatoms. The van der Waals surface area contributed by atoms with E-state index in [4.69, 9.17) is 4.74 Å². The fraction of sp³-hybridized carbons (Fsp3) is 0.235. The second-order valence-electron chi connectivity index (χ2n) is 5.23. The molecule has 0 saturated carbocycles. The highest BCUT2D eigenvalue weighted by Crippen LogP contribution is 2.24. The summed E-state index contributed by atoms with van der Waals surface area (Å²) >= 11 is 4.72. The Labute approximate surface area is 158 Å². The molecule has 6 nitrogen and oxygen atoms in total. The minimum atomic E-state index is -0.120. The minimum Gasteiger partial charge on any atom is -0.383 e. The fourth-order valence-electron chi connectivity index (χ4n) is 2.32. The maximum Gasteiger partial charge on any atom is 0.236 e. The smallest absolute Gasteiger partial charge is 0.236 e. The Kier molecular flexibility index (Phi) is 6.06. The van der Waals surface area contributed by atoms with Crippen molar-refractivity contribution < 1.29 is 9.53 Å². The summed E-state index contributed by atoms with van der Waals surface area (Å²) in [4.78, 5) is 20.9. The number of fused-ring (bicyclic) bond motifs is 1. The molecule has 2 aromatic heterocycles. The zero-order valence-electron chi connectivity index (χ0n) is 13.6. The molecule has 2 heterocycles. The number of ether oxygens (including phenoxy) is 1. The van der Waals surface area contributed by atoms with Gasteiger partial charge in [0.1, 0.15) is 5.82 Å². The number of anilines is 1. The highest BCUT2D eigenvalue weighted by molar-refractivity contribution is 9.10. The quantitative estimate of drug-likeness (QED) is 0.591. The highest BCUT2D eigenvalue weighted by Gasteiger charge is 2.13. The number of thioether (sulfide) groups is 1. The summed E-state index contributed by atoms with van der Waals surface area (Å²) in [7, 11) is 1.67. The first-order chi connectivity index (χ1) is 12.2. The number of amides is 1. The van der Waals surface area contributed by atoms with Gasteiger partial charge in [-0.15, -0.1) is 0 Å². The van der Waals surface area contributed by atoms with E-state index in [1.165, 1.54) is 11.8 Å². The molecule has 25 heavy (non-hydrogen) atoms. The lowest BCUT2D eigenvalue weighted by molar-refractivity contribution is -0.113. The molecule has 3 aromatic rings. The number of para-hydroxylation sites is 2. The number of benzene rings is 1. The van der Waals surface area contributed by atoms with Crippen molar-refractivity contribution in [1.29, 1.82) is 0 Å². The molecule has 0 fully saturated rings. The molecule has 0 unspecified atom stereocenters. The number of aromatic nitrogens is 3. The summed E-state index contributed by atoms with van der Waals surface area (Å²) in [5.41, 5.74) is 1.95. The number of methoxy groups -OCH3 is 1. The molecular formula is C17H17BrN4O2S. The summed E-state index contributed by atoms with van der Waals surface area (Å²) in [6.45, 7) is 1.28. The third-order valence-corrected chi connectivity index (χ3v) is 4.91. The van der Waals surface area contributed by atoms with Gasteiger partial charge in [0.15, 0.2) is 5.16 Å². The lowest BCUT2D eigenvalue weighted by atomic mass is 10.3. The van der Waals surface area contributed by atoms with Gasteiger partial charge in [0.25, 0.3) is 0 Å². The molecule has 0 aliphatic heterocycles. The van der Waals surface area contributed by atoms with Gasteiger partial charge >= 0.3 is 0 Å². The number of carbonyl (C=O) groups excluding carboxylic acids is 1. The first-order valence-corrected chi connectivity index (χ1v) is 9.43. The summed E-state index contributed by atoms with van der Waals surface area (Å²) in [6, 6.07) is 11.5. The van der Waals surface area contributed by atoms with E-state index in [1.54, 1.807) is 19.4 Å². The van der Waals surface area contributed by atoms with Gasteiger partial charge in [-0.05, 0) is 40.2 Å². The summed E-state index contributed by atoms with van der Waals surface area (Å²) in [5, 5.41) is 3.59. The summed E-state index contributed by atoms with van der Waals surface area (Å²) < 4.78 is 8.13. The third-order valence-electron chi connectivity index (χ3n) is 3.47. The number of halogens is 1. The molecule has 0 saturated heterocycles. The van der Waals surface area contributed by atoms with Gasteiger partial charge in [-0.2, -0.15) is 0 Å². The first-order valence-electron chi connectivity index (χ1n) is 7.66. The van der Waals surface area contributed by atoms with Crippen molar-refractivity contribution in [2.24, 2.45) is 0 Å². The zero-order valence-corrected chi connectivity index (χ0v) is 16.0. The van der Waals surface area contributed by atoms with Crippen LogP contribution in [0.25, 0.3) is 11.0 Å². The lowest BCUT2D eigenvalue weighted by Gasteiger charge is -2.08. The van der Waals surface area contributed by atoms with Crippen LogP contribution in [0.15, 0.2) is 52.2 Å². The first kappa shape index (κ1) is 17.9. The van der Waals surface area contributed by atoms with E-state index in [-0.39, 0.29) is 11.7 Å². The number of rotatable bonds is 7. The van der Waals surface area contributed by atoms with Crippen molar-refractivity contribution in [3.8, 4) is 0 Å². The van der Waals surface area contributed by atoms with Crippen LogP contribution < -0.4 is 5.32 Å². The molecule has 1 N–H and O–H groups in total. The standard InChI is InChI=1S/C17H17BrN4O2S/c1-24-9-8-22-14-5-3-2-4-13(14)20-17(22)25-11-16(23)21-15-7-6-12(18)10-19-15/h2-7,10H,8-9,11H2,1H3,(H,19,21,23). The second-order valence-corrected chi connectivity index (χ2v) is 7.08. The second kappa shape index (κ2) is 8.46. The van der Waals surface area contributed by atoms with E-state index in [2.05, 4.69) is 35.8 Å². The predicted octanol–water partition coefficient (Wildman–Crippen LogP) is 3.57. The van der Waals surface area contributed by atoms with Crippen LogP contribution >= 0.6 is 27.7 Å². The minimum absolute atomic E-state index is 0.120. The maximum atomic E-state index is 12.2. The number of carbonyl (C=O) groups is 1. The highest BCUT2D eigenvalue weighted by atomic mass is 79.9. The largest absolute Gasteiger partial charge is 0.383 e. The van der Waals surface area contributed by atoms with Gasteiger partial charge in [-0.1, -0.05) is 23.9 Å². The van der Waals surface area contributed by atoms with Crippen LogP contribution in [0.1, 0.15) is 0 Å². The van der Waals surface area contributed by atoms with E-state index >= 15 is 0 Å². The van der Waals surface area contributed by atoms with E-state index in [0.29, 0.717) is 19.0 Å². The number of pyridine rings is 1. The molecular weight excluding hydrogens is 404 g/mol. The molecule has 1 aromatic carbocycles. The SMILES string of the molecule is COCCn1c(SCC(=O)Nc2ccc(Br)cn2)nc2ccccc21. The number of imidazole rings is 1. The van der Waals surface area contributed by atoms with Gasteiger partial charge in [-0.25, -0.2) is 9.97 Å². The predicted molar refractivity (Wildman–Crippen MR) is 103 cm³/mol.